The minimum Gasteiger partial charge on any atom is -0.487 e. The molecule has 3 aromatic rings. The van der Waals surface area contributed by atoms with Crippen molar-refractivity contribution in [2.75, 3.05) is 59.8 Å². The van der Waals surface area contributed by atoms with Gasteiger partial charge in [0.25, 0.3) is 0 Å². The zero-order valence-electron chi connectivity index (χ0n) is 20.4. The Morgan fingerprint density at radius 1 is 0.743 bits per heavy atom. The summed E-state index contributed by atoms with van der Waals surface area (Å²) < 4.78 is 23.3. The number of ether oxygens (including phenoxy) is 4. The number of benzene rings is 3. The largest absolute Gasteiger partial charge is 0.487 e. The molecule has 186 valence electrons. The second-order valence-electron chi connectivity index (χ2n) is 8.63. The van der Waals surface area contributed by atoms with E-state index in [0.29, 0.717) is 57.7 Å². The first kappa shape index (κ1) is 25.2. The molecule has 0 aliphatic carbocycles. The first-order valence-electron chi connectivity index (χ1n) is 12.2. The summed E-state index contributed by atoms with van der Waals surface area (Å²) in [6.45, 7) is 4.52. The van der Waals surface area contributed by atoms with Gasteiger partial charge in [-0.1, -0.05) is 60.7 Å². The second-order valence-corrected chi connectivity index (χ2v) is 8.63. The van der Waals surface area contributed by atoms with Gasteiger partial charge in [-0.2, -0.15) is 0 Å². The highest BCUT2D eigenvalue weighted by Crippen LogP contribution is 2.38. The van der Waals surface area contributed by atoms with E-state index in [-0.39, 0.29) is 12.5 Å². The Morgan fingerprint density at radius 3 is 2.14 bits per heavy atom. The summed E-state index contributed by atoms with van der Waals surface area (Å²) in [7, 11) is 2.03. The van der Waals surface area contributed by atoms with Gasteiger partial charge in [0.15, 0.2) is 11.5 Å². The van der Waals surface area contributed by atoms with Gasteiger partial charge in [-0.25, -0.2) is 0 Å². The van der Waals surface area contributed by atoms with Gasteiger partial charge in [0, 0.05) is 19.0 Å². The van der Waals surface area contributed by atoms with Crippen molar-refractivity contribution in [3.05, 3.63) is 95.1 Å². The van der Waals surface area contributed by atoms with Crippen LogP contribution < -0.4 is 9.47 Å². The molecule has 0 aromatic heterocycles. The fourth-order valence-electron chi connectivity index (χ4n) is 4.38. The average molecular weight is 478 g/mol. The van der Waals surface area contributed by atoms with Crippen molar-refractivity contribution >= 4 is 0 Å². The Kier molecular flexibility index (Phi) is 9.55. The molecule has 35 heavy (non-hydrogen) atoms. The molecule has 1 N–H and O–H groups in total. The number of hydrogen-bond acceptors (Lipinski definition) is 6. The fourth-order valence-corrected chi connectivity index (χ4v) is 4.38. The van der Waals surface area contributed by atoms with Crippen molar-refractivity contribution in [3.63, 3.8) is 0 Å². The van der Waals surface area contributed by atoms with Gasteiger partial charge in [-0.3, -0.25) is 4.90 Å². The maximum Gasteiger partial charge on any atom is 0.161 e. The van der Waals surface area contributed by atoms with E-state index in [1.165, 1.54) is 16.7 Å². The topological polar surface area (TPSA) is 60.4 Å². The molecule has 3 aromatic carbocycles. The number of fused-ring (bicyclic) bond motifs is 1. The van der Waals surface area contributed by atoms with Crippen molar-refractivity contribution in [2.24, 2.45) is 0 Å². The highest BCUT2D eigenvalue weighted by molar-refractivity contribution is 5.51. The van der Waals surface area contributed by atoms with Crippen LogP contribution in [0.1, 0.15) is 28.2 Å². The molecule has 0 unspecified atom stereocenters. The summed E-state index contributed by atoms with van der Waals surface area (Å²) in [5.41, 5.74) is 4.79. The minimum atomic E-state index is 0.0183. The third-order valence-corrected chi connectivity index (χ3v) is 6.06. The van der Waals surface area contributed by atoms with E-state index in [4.69, 9.17) is 18.9 Å². The quantitative estimate of drug-likeness (QED) is 0.517. The predicted molar refractivity (Wildman–Crippen MR) is 136 cm³/mol. The highest BCUT2D eigenvalue weighted by Gasteiger charge is 2.22. The zero-order valence-corrected chi connectivity index (χ0v) is 20.4. The summed E-state index contributed by atoms with van der Waals surface area (Å²) in [6.07, 6.45) is 0. The molecule has 0 saturated carbocycles. The first-order chi connectivity index (χ1) is 17.3. The van der Waals surface area contributed by atoms with Gasteiger partial charge < -0.3 is 24.1 Å². The van der Waals surface area contributed by atoms with Crippen molar-refractivity contribution in [1.82, 2.24) is 4.90 Å². The normalized spacial score (nSPS) is 15.7. The van der Waals surface area contributed by atoms with Crippen LogP contribution in [0.4, 0.5) is 0 Å². The molecule has 1 aliphatic rings. The van der Waals surface area contributed by atoms with Crippen LogP contribution in [0.3, 0.4) is 0 Å². The van der Waals surface area contributed by atoms with Crippen LogP contribution in [0, 0.1) is 0 Å². The van der Waals surface area contributed by atoms with E-state index >= 15 is 0 Å². The van der Waals surface area contributed by atoms with Crippen LogP contribution >= 0.6 is 0 Å². The third kappa shape index (κ3) is 7.05. The Balaban J connectivity index is 1.72. The number of nitrogens with zero attached hydrogens (tertiary/aromatic N) is 1. The molecule has 0 fully saturated rings. The van der Waals surface area contributed by atoms with Gasteiger partial charge in [0.1, 0.15) is 13.2 Å². The maximum atomic E-state index is 9.39. The van der Waals surface area contributed by atoms with Crippen LogP contribution in [-0.2, 0) is 16.0 Å². The predicted octanol–water partition coefficient (Wildman–Crippen LogP) is 4.10. The zero-order chi connectivity index (χ0) is 24.3. The van der Waals surface area contributed by atoms with Gasteiger partial charge in [0.2, 0.25) is 0 Å². The summed E-state index contributed by atoms with van der Waals surface area (Å²) in [4.78, 5) is 2.14. The number of aliphatic hydroxyl groups excluding tert-OH is 1. The summed E-state index contributed by atoms with van der Waals surface area (Å²) >= 11 is 0. The second kappa shape index (κ2) is 13.3. The molecule has 6 nitrogen and oxygen atoms in total. The van der Waals surface area contributed by atoms with Gasteiger partial charge >= 0.3 is 0 Å². The van der Waals surface area contributed by atoms with Gasteiger partial charge in [0.05, 0.1) is 33.0 Å². The molecule has 1 heterocycles. The minimum absolute atomic E-state index is 0.0183. The monoisotopic (exact) mass is 477 g/mol. The van der Waals surface area contributed by atoms with Crippen LogP contribution in [0.25, 0.3) is 0 Å². The highest BCUT2D eigenvalue weighted by atomic mass is 16.6. The number of likely N-dealkylation sites (N-methyl/N-ethyl adjacent to an activating group) is 1. The smallest absolute Gasteiger partial charge is 0.161 e. The molecule has 1 aliphatic heterocycles. The van der Waals surface area contributed by atoms with Crippen LogP contribution in [0.15, 0.2) is 72.8 Å². The standard InChI is InChI=1S/C29H35NO5/c1-30(13-14-31)22-25-9-5-6-10-26(25)29(23-7-3-2-4-8-23)24-11-12-27-28(21-24)35-20-18-33-16-15-32-17-19-34-27/h2-12,21,29,31H,13-20,22H2,1H3/t29-/m1/s1. The number of hydrogen-bond donors (Lipinski definition) is 1. The third-order valence-electron chi connectivity index (χ3n) is 6.06. The van der Waals surface area contributed by atoms with Crippen molar-refractivity contribution < 1.29 is 24.1 Å². The molecular weight excluding hydrogens is 442 g/mol. The van der Waals surface area contributed by atoms with Crippen LogP contribution in [-0.4, -0.2) is 69.8 Å². The van der Waals surface area contributed by atoms with E-state index < -0.39 is 0 Å². The van der Waals surface area contributed by atoms with Crippen molar-refractivity contribution in [2.45, 2.75) is 12.5 Å². The van der Waals surface area contributed by atoms with Crippen LogP contribution in [0.5, 0.6) is 11.5 Å². The lowest BCUT2D eigenvalue weighted by atomic mass is 9.82. The lowest BCUT2D eigenvalue weighted by molar-refractivity contribution is 0.0223. The lowest BCUT2D eigenvalue weighted by Gasteiger charge is -2.25. The summed E-state index contributed by atoms with van der Waals surface area (Å²) in [5, 5.41) is 9.39. The molecule has 4 rings (SSSR count). The van der Waals surface area contributed by atoms with E-state index in [9.17, 15) is 5.11 Å². The van der Waals surface area contributed by atoms with Crippen molar-refractivity contribution in [3.8, 4) is 11.5 Å². The fraction of sp³-hybridized carbons (Fsp3) is 0.379. The van der Waals surface area contributed by atoms with E-state index in [0.717, 1.165) is 12.1 Å². The Morgan fingerprint density at radius 2 is 1.40 bits per heavy atom. The maximum absolute atomic E-state index is 9.39. The number of rotatable bonds is 7. The molecule has 0 bridgehead atoms. The Labute approximate surface area is 208 Å². The van der Waals surface area contributed by atoms with Crippen LogP contribution in [0.2, 0.25) is 0 Å². The molecule has 0 saturated heterocycles. The SMILES string of the molecule is CN(CCO)Cc1ccccc1[C@H](c1ccccc1)c1ccc2c(c1)OCCOCCOCCO2. The number of aliphatic hydroxyl groups is 1. The van der Waals surface area contributed by atoms with E-state index in [2.05, 4.69) is 65.6 Å². The molecule has 6 heteroatoms. The molecule has 1 atom stereocenters. The van der Waals surface area contributed by atoms with Crippen molar-refractivity contribution in [1.29, 1.82) is 0 Å². The van der Waals surface area contributed by atoms with E-state index in [1.54, 1.807) is 0 Å². The molecule has 0 amide bonds. The van der Waals surface area contributed by atoms with Gasteiger partial charge in [-0.05, 0) is 41.4 Å². The van der Waals surface area contributed by atoms with E-state index in [1.807, 2.05) is 19.2 Å². The molecular formula is C29H35NO5. The lowest BCUT2D eigenvalue weighted by Crippen LogP contribution is -2.22. The molecule has 0 radical (unpaired) electrons. The summed E-state index contributed by atoms with van der Waals surface area (Å²) in [6, 6.07) is 25.3. The Hall–Kier alpha value is -2.90. The molecule has 0 spiro atoms. The van der Waals surface area contributed by atoms with Gasteiger partial charge in [-0.15, -0.1) is 0 Å². The summed E-state index contributed by atoms with van der Waals surface area (Å²) in [5.74, 6) is 1.44. The first-order valence-corrected chi connectivity index (χ1v) is 12.2. The average Bonchev–Trinajstić information content (AvgIpc) is 2.87. The Bertz CT molecular complexity index is 1040.